The van der Waals surface area contributed by atoms with E-state index in [1.165, 1.54) is 6.07 Å². The monoisotopic (exact) mass is 334 g/mol. The summed E-state index contributed by atoms with van der Waals surface area (Å²) in [6.07, 6.45) is 1.97. The van der Waals surface area contributed by atoms with Gasteiger partial charge in [-0.1, -0.05) is 25.4 Å². The Hall–Kier alpha value is -0.690. The number of sulfonamides is 1. The molecule has 1 fully saturated rings. The van der Waals surface area contributed by atoms with Crippen molar-refractivity contribution in [1.82, 2.24) is 10.0 Å². The molecule has 0 aliphatic heterocycles. The van der Waals surface area contributed by atoms with Crippen molar-refractivity contribution in [1.29, 1.82) is 0 Å². The van der Waals surface area contributed by atoms with Gasteiger partial charge < -0.3 is 5.32 Å². The summed E-state index contributed by atoms with van der Waals surface area (Å²) in [5.41, 5.74) is 0.261. The number of nitrogens with one attached hydrogen (secondary N) is 2. The van der Waals surface area contributed by atoms with Crippen LogP contribution in [0, 0.1) is 11.2 Å². The van der Waals surface area contributed by atoms with Crippen LogP contribution in [0.1, 0.15) is 32.3 Å². The molecule has 0 saturated heterocycles. The molecule has 0 amide bonds. The Morgan fingerprint density at radius 2 is 2.05 bits per heavy atom. The van der Waals surface area contributed by atoms with Gasteiger partial charge in [-0.05, 0) is 36.9 Å². The summed E-state index contributed by atoms with van der Waals surface area (Å²) in [5.74, 6) is -0.742. The maximum Gasteiger partial charge on any atom is 0.243 e. The average molecular weight is 335 g/mol. The van der Waals surface area contributed by atoms with E-state index in [1.807, 2.05) is 13.8 Å². The molecule has 1 saturated carbocycles. The third-order valence-electron chi connectivity index (χ3n) is 3.73. The van der Waals surface area contributed by atoms with E-state index in [4.69, 9.17) is 11.6 Å². The van der Waals surface area contributed by atoms with Gasteiger partial charge >= 0.3 is 0 Å². The number of hydrogen-bond acceptors (Lipinski definition) is 3. The predicted molar refractivity (Wildman–Crippen MR) is 81.3 cm³/mol. The Balaban J connectivity index is 2.26. The van der Waals surface area contributed by atoms with E-state index in [0.29, 0.717) is 13.1 Å². The Bertz CT molecular complexity index is 630. The Morgan fingerprint density at radius 1 is 1.38 bits per heavy atom. The van der Waals surface area contributed by atoms with Crippen LogP contribution in [0.5, 0.6) is 0 Å². The van der Waals surface area contributed by atoms with Crippen LogP contribution in [0.25, 0.3) is 0 Å². The minimum absolute atomic E-state index is 0.00865. The molecule has 0 aromatic heterocycles. The number of hydrogen-bond donors (Lipinski definition) is 2. The van der Waals surface area contributed by atoms with E-state index in [1.54, 1.807) is 0 Å². The number of benzene rings is 1. The maximum absolute atomic E-state index is 14.4. The summed E-state index contributed by atoms with van der Waals surface area (Å²) in [6, 6.07) is 2.60. The van der Waals surface area contributed by atoms with Crippen LogP contribution in [0.2, 0.25) is 5.02 Å². The largest absolute Gasteiger partial charge is 0.313 e. The molecule has 0 spiro atoms. The van der Waals surface area contributed by atoms with Crippen molar-refractivity contribution in [2.75, 3.05) is 13.1 Å². The first kappa shape index (κ1) is 16.7. The summed E-state index contributed by atoms with van der Waals surface area (Å²) in [4.78, 5) is -0.382. The summed E-state index contributed by atoms with van der Waals surface area (Å²) < 4.78 is 41.4. The molecular weight excluding hydrogens is 315 g/mol. The van der Waals surface area contributed by atoms with Gasteiger partial charge in [0.2, 0.25) is 10.0 Å². The van der Waals surface area contributed by atoms with Gasteiger partial charge in [0.1, 0.15) is 10.7 Å². The SMILES string of the molecule is CCNCc1cc(Cl)cc(S(=O)(=O)NCC2(C)CC2)c1F. The lowest BCUT2D eigenvalue weighted by Gasteiger charge is -2.14. The van der Waals surface area contributed by atoms with Gasteiger partial charge in [0.25, 0.3) is 0 Å². The first-order valence-corrected chi connectivity index (χ1v) is 8.82. The highest BCUT2D eigenvalue weighted by Gasteiger charge is 2.38. The zero-order valence-corrected chi connectivity index (χ0v) is 13.7. The minimum atomic E-state index is -3.89. The third-order valence-corrected chi connectivity index (χ3v) is 5.35. The topological polar surface area (TPSA) is 58.2 Å². The van der Waals surface area contributed by atoms with Gasteiger partial charge in [-0.15, -0.1) is 0 Å². The summed E-state index contributed by atoms with van der Waals surface area (Å²) in [6.45, 7) is 5.11. The van der Waals surface area contributed by atoms with Crippen LogP contribution in [-0.2, 0) is 16.6 Å². The highest BCUT2D eigenvalue weighted by atomic mass is 35.5. The van der Waals surface area contributed by atoms with Crippen LogP contribution in [-0.4, -0.2) is 21.5 Å². The van der Waals surface area contributed by atoms with Crippen molar-refractivity contribution in [3.8, 4) is 0 Å². The van der Waals surface area contributed by atoms with E-state index in [9.17, 15) is 12.8 Å². The van der Waals surface area contributed by atoms with Crippen molar-refractivity contribution < 1.29 is 12.8 Å². The van der Waals surface area contributed by atoms with E-state index in [-0.39, 0.29) is 27.4 Å². The normalized spacial score (nSPS) is 17.0. The molecule has 0 heterocycles. The second-order valence-corrected chi connectivity index (χ2v) is 7.96. The van der Waals surface area contributed by atoms with Crippen LogP contribution in [0.15, 0.2) is 17.0 Å². The van der Waals surface area contributed by atoms with Crippen molar-refractivity contribution in [2.45, 2.75) is 38.1 Å². The molecule has 0 unspecified atom stereocenters. The van der Waals surface area contributed by atoms with E-state index in [2.05, 4.69) is 10.0 Å². The molecule has 1 aliphatic carbocycles. The van der Waals surface area contributed by atoms with E-state index < -0.39 is 15.8 Å². The second kappa shape index (κ2) is 6.20. The van der Waals surface area contributed by atoms with Gasteiger partial charge in [0.05, 0.1) is 0 Å². The number of halogens is 2. The Labute approximate surface area is 130 Å². The lowest BCUT2D eigenvalue weighted by molar-refractivity contribution is 0.518. The van der Waals surface area contributed by atoms with Crippen molar-refractivity contribution >= 4 is 21.6 Å². The van der Waals surface area contributed by atoms with Gasteiger partial charge in [-0.3, -0.25) is 0 Å². The molecule has 118 valence electrons. The van der Waals surface area contributed by atoms with Gasteiger partial charge in [-0.2, -0.15) is 0 Å². The van der Waals surface area contributed by atoms with E-state index in [0.717, 1.165) is 18.9 Å². The standard InChI is InChI=1S/C14H20ClFN2O2S/c1-3-17-8-10-6-11(15)7-12(13(10)16)21(19,20)18-9-14(2)4-5-14/h6-7,17-18H,3-5,8-9H2,1-2H3. The first-order chi connectivity index (χ1) is 9.77. The zero-order valence-electron chi connectivity index (χ0n) is 12.2. The zero-order chi connectivity index (χ0) is 15.7. The molecule has 1 aromatic carbocycles. The van der Waals surface area contributed by atoms with Crippen LogP contribution < -0.4 is 10.0 Å². The minimum Gasteiger partial charge on any atom is -0.313 e. The molecule has 1 aliphatic rings. The average Bonchev–Trinajstić information content (AvgIpc) is 3.16. The highest BCUT2D eigenvalue weighted by molar-refractivity contribution is 7.89. The predicted octanol–water partition coefficient (Wildman–Crippen LogP) is 2.67. The highest BCUT2D eigenvalue weighted by Crippen LogP contribution is 2.44. The molecule has 2 rings (SSSR count). The molecule has 1 aromatic rings. The van der Waals surface area contributed by atoms with Gasteiger partial charge in [-0.25, -0.2) is 17.5 Å². The fraction of sp³-hybridized carbons (Fsp3) is 0.571. The first-order valence-electron chi connectivity index (χ1n) is 6.96. The molecule has 0 atom stereocenters. The number of rotatable bonds is 7. The molecule has 0 radical (unpaired) electrons. The van der Waals surface area contributed by atoms with Crippen LogP contribution >= 0.6 is 11.6 Å². The van der Waals surface area contributed by atoms with Crippen molar-refractivity contribution in [3.63, 3.8) is 0 Å². The quantitative estimate of drug-likeness (QED) is 0.806. The molecule has 4 nitrogen and oxygen atoms in total. The van der Waals surface area contributed by atoms with Crippen LogP contribution in [0.3, 0.4) is 0 Å². The fourth-order valence-electron chi connectivity index (χ4n) is 1.94. The Morgan fingerprint density at radius 3 is 2.62 bits per heavy atom. The van der Waals surface area contributed by atoms with Crippen LogP contribution in [0.4, 0.5) is 4.39 Å². The van der Waals surface area contributed by atoms with Gasteiger partial charge in [0, 0.05) is 23.7 Å². The Kier molecular flexibility index (Phi) is 4.92. The van der Waals surface area contributed by atoms with Crippen molar-refractivity contribution in [3.05, 3.63) is 28.5 Å². The molecule has 0 bridgehead atoms. The van der Waals surface area contributed by atoms with Crippen molar-refractivity contribution in [2.24, 2.45) is 5.41 Å². The summed E-state index contributed by atoms with van der Waals surface area (Å²) >= 11 is 5.92. The summed E-state index contributed by atoms with van der Waals surface area (Å²) in [5, 5.41) is 3.17. The smallest absolute Gasteiger partial charge is 0.243 e. The maximum atomic E-state index is 14.4. The molecule has 21 heavy (non-hydrogen) atoms. The fourth-order valence-corrected chi connectivity index (χ4v) is 3.59. The van der Waals surface area contributed by atoms with Gasteiger partial charge in [0.15, 0.2) is 0 Å². The molecular formula is C14H20ClFN2O2S. The lowest BCUT2D eigenvalue weighted by atomic mass is 10.2. The molecule has 7 heteroatoms. The summed E-state index contributed by atoms with van der Waals surface area (Å²) in [7, 11) is -3.89. The van der Waals surface area contributed by atoms with E-state index >= 15 is 0 Å². The second-order valence-electron chi connectivity index (χ2n) is 5.79. The third kappa shape index (κ3) is 4.16. The lowest BCUT2D eigenvalue weighted by Crippen LogP contribution is -2.30. The molecule has 2 N–H and O–H groups in total.